The highest BCUT2D eigenvalue weighted by Crippen LogP contribution is 2.24. The molecule has 1 aromatic heterocycles. The van der Waals surface area contributed by atoms with Gasteiger partial charge in [0.2, 0.25) is 0 Å². The number of halogens is 1. The minimum atomic E-state index is 0. The molecule has 4 nitrogen and oxygen atoms in total. The van der Waals surface area contributed by atoms with Crippen molar-refractivity contribution < 1.29 is 0 Å². The third-order valence-electron chi connectivity index (χ3n) is 4.04. The maximum atomic E-state index is 4.54. The molecule has 1 saturated heterocycles. The Morgan fingerprint density at radius 2 is 1.68 bits per heavy atom. The van der Waals surface area contributed by atoms with Crippen LogP contribution in [0.15, 0.2) is 54.7 Å². The lowest BCUT2D eigenvalue weighted by atomic mass is 10.2. The van der Waals surface area contributed by atoms with E-state index in [-0.39, 0.29) is 12.4 Å². The summed E-state index contributed by atoms with van der Waals surface area (Å²) in [6.07, 6.45) is 1.93. The average molecular weight is 315 g/mol. The highest BCUT2D eigenvalue weighted by atomic mass is 35.5. The minimum Gasteiger partial charge on any atom is -0.369 e. The van der Waals surface area contributed by atoms with Gasteiger partial charge in [-0.3, -0.25) is 0 Å². The second-order valence-electron chi connectivity index (χ2n) is 5.37. The molecule has 2 aromatic carbocycles. The van der Waals surface area contributed by atoms with Crippen molar-refractivity contribution in [2.45, 2.75) is 0 Å². The van der Waals surface area contributed by atoms with Crippen molar-refractivity contribution in [2.24, 2.45) is 0 Å². The molecule has 0 aliphatic carbocycles. The second-order valence-corrected chi connectivity index (χ2v) is 5.37. The Hall–Kier alpha value is -2.04. The Kier molecular flexibility index (Phi) is 4.32. The zero-order chi connectivity index (χ0) is 14.1. The number of nitrogens with one attached hydrogen (secondary N) is 1. The Bertz CT molecular complexity index is 748. The van der Waals surface area contributed by atoms with Crippen molar-refractivity contribution in [1.82, 2.24) is 15.1 Å². The first-order valence-electron chi connectivity index (χ1n) is 7.41. The molecule has 0 radical (unpaired) electrons. The smallest absolute Gasteiger partial charge is 0.0761 e. The van der Waals surface area contributed by atoms with Gasteiger partial charge in [0.05, 0.1) is 17.4 Å². The molecule has 1 aliphatic rings. The van der Waals surface area contributed by atoms with Crippen molar-refractivity contribution in [1.29, 1.82) is 0 Å². The molecular formula is C17H19ClN4. The van der Waals surface area contributed by atoms with Crippen LogP contribution in [-0.2, 0) is 0 Å². The minimum absolute atomic E-state index is 0. The van der Waals surface area contributed by atoms with E-state index in [4.69, 9.17) is 0 Å². The van der Waals surface area contributed by atoms with Crippen molar-refractivity contribution >= 4 is 29.0 Å². The Balaban J connectivity index is 0.00000144. The van der Waals surface area contributed by atoms with E-state index < -0.39 is 0 Å². The number of piperazine rings is 1. The van der Waals surface area contributed by atoms with Crippen molar-refractivity contribution in [3.63, 3.8) is 0 Å². The monoisotopic (exact) mass is 314 g/mol. The standard InChI is InChI=1S/C17H18N4.ClH/c1-2-4-15(5-3-1)21-17-12-16(7-6-14(17)13-19-21)20-10-8-18-9-11-20;/h1-7,12-13,18H,8-11H2;1H. The molecule has 4 rings (SSSR count). The molecule has 5 heteroatoms. The van der Waals surface area contributed by atoms with Crippen molar-refractivity contribution in [3.8, 4) is 5.69 Å². The van der Waals surface area contributed by atoms with Crippen molar-refractivity contribution in [3.05, 3.63) is 54.7 Å². The summed E-state index contributed by atoms with van der Waals surface area (Å²) >= 11 is 0. The first kappa shape index (κ1) is 14.9. The van der Waals surface area contributed by atoms with Gasteiger partial charge in [-0.1, -0.05) is 18.2 Å². The van der Waals surface area contributed by atoms with Crippen LogP contribution in [0.1, 0.15) is 0 Å². The fourth-order valence-corrected chi connectivity index (χ4v) is 2.90. The molecule has 2 heterocycles. The van der Waals surface area contributed by atoms with Gasteiger partial charge < -0.3 is 10.2 Å². The fraction of sp³-hybridized carbons (Fsp3) is 0.235. The van der Waals surface area contributed by atoms with Crippen molar-refractivity contribution in [2.75, 3.05) is 31.1 Å². The third-order valence-corrected chi connectivity index (χ3v) is 4.04. The van der Waals surface area contributed by atoms with E-state index in [9.17, 15) is 0 Å². The van der Waals surface area contributed by atoms with Gasteiger partial charge in [-0.15, -0.1) is 12.4 Å². The molecule has 1 N–H and O–H groups in total. The fourth-order valence-electron chi connectivity index (χ4n) is 2.90. The van der Waals surface area contributed by atoms with Gasteiger partial charge in [-0.05, 0) is 30.3 Å². The summed E-state index contributed by atoms with van der Waals surface area (Å²) in [6.45, 7) is 4.22. The first-order chi connectivity index (χ1) is 10.4. The zero-order valence-electron chi connectivity index (χ0n) is 12.3. The SMILES string of the molecule is Cl.c1ccc(-n2ncc3ccc(N4CCNCC4)cc32)cc1. The maximum Gasteiger partial charge on any atom is 0.0761 e. The van der Waals surface area contributed by atoms with E-state index in [0.29, 0.717) is 0 Å². The van der Waals surface area contributed by atoms with E-state index in [1.807, 2.05) is 29.1 Å². The summed E-state index contributed by atoms with van der Waals surface area (Å²) in [5, 5.41) is 9.11. The molecule has 0 atom stereocenters. The topological polar surface area (TPSA) is 33.1 Å². The number of anilines is 1. The van der Waals surface area contributed by atoms with Gasteiger partial charge in [0.25, 0.3) is 0 Å². The summed E-state index contributed by atoms with van der Waals surface area (Å²) in [5.41, 5.74) is 3.55. The number of aromatic nitrogens is 2. The molecule has 0 amide bonds. The summed E-state index contributed by atoms with van der Waals surface area (Å²) in [7, 11) is 0. The van der Waals surface area contributed by atoms with E-state index >= 15 is 0 Å². The lowest BCUT2D eigenvalue weighted by molar-refractivity contribution is 0.589. The van der Waals surface area contributed by atoms with Crippen LogP contribution in [0.25, 0.3) is 16.6 Å². The van der Waals surface area contributed by atoms with Gasteiger partial charge in [-0.2, -0.15) is 5.10 Å². The van der Waals surface area contributed by atoms with Gasteiger partial charge in [0, 0.05) is 37.3 Å². The van der Waals surface area contributed by atoms with Gasteiger partial charge in [0.1, 0.15) is 0 Å². The van der Waals surface area contributed by atoms with Crippen LogP contribution >= 0.6 is 12.4 Å². The van der Waals surface area contributed by atoms with Crippen LogP contribution in [0.4, 0.5) is 5.69 Å². The number of hydrogen-bond acceptors (Lipinski definition) is 3. The molecule has 22 heavy (non-hydrogen) atoms. The molecule has 3 aromatic rings. The van der Waals surface area contributed by atoms with Crippen LogP contribution in [0.3, 0.4) is 0 Å². The molecule has 1 aliphatic heterocycles. The number of nitrogens with zero attached hydrogens (tertiary/aromatic N) is 3. The molecule has 114 valence electrons. The summed E-state index contributed by atoms with van der Waals surface area (Å²) in [6, 6.07) is 16.9. The average Bonchev–Trinajstić information content (AvgIpc) is 2.99. The molecular weight excluding hydrogens is 296 g/mol. The van der Waals surface area contributed by atoms with Gasteiger partial charge >= 0.3 is 0 Å². The summed E-state index contributed by atoms with van der Waals surface area (Å²) in [4.78, 5) is 2.43. The van der Waals surface area contributed by atoms with E-state index in [0.717, 1.165) is 37.4 Å². The van der Waals surface area contributed by atoms with Crippen LogP contribution in [0.2, 0.25) is 0 Å². The lowest BCUT2D eigenvalue weighted by Gasteiger charge is -2.29. The van der Waals surface area contributed by atoms with E-state index in [2.05, 4.69) is 45.6 Å². The maximum absolute atomic E-state index is 4.54. The zero-order valence-corrected chi connectivity index (χ0v) is 13.1. The van der Waals surface area contributed by atoms with Crippen LogP contribution < -0.4 is 10.2 Å². The highest BCUT2D eigenvalue weighted by Gasteiger charge is 2.12. The second kappa shape index (κ2) is 6.38. The molecule has 0 saturated carbocycles. The predicted molar refractivity (Wildman–Crippen MR) is 93.4 cm³/mol. The Morgan fingerprint density at radius 3 is 2.45 bits per heavy atom. The number of rotatable bonds is 2. The summed E-state index contributed by atoms with van der Waals surface area (Å²) in [5.74, 6) is 0. The highest BCUT2D eigenvalue weighted by molar-refractivity contribution is 5.85. The molecule has 0 bridgehead atoms. The molecule has 0 spiro atoms. The number of benzene rings is 2. The number of hydrogen-bond donors (Lipinski definition) is 1. The van der Waals surface area contributed by atoms with Crippen LogP contribution in [0, 0.1) is 0 Å². The first-order valence-corrected chi connectivity index (χ1v) is 7.41. The number of para-hydroxylation sites is 1. The van der Waals surface area contributed by atoms with E-state index in [1.165, 1.54) is 11.1 Å². The van der Waals surface area contributed by atoms with E-state index in [1.54, 1.807) is 0 Å². The largest absolute Gasteiger partial charge is 0.369 e. The predicted octanol–water partition coefficient (Wildman–Crippen LogP) is 2.86. The molecule has 1 fully saturated rings. The Labute approximate surface area is 136 Å². The number of fused-ring (bicyclic) bond motifs is 1. The molecule has 0 unspecified atom stereocenters. The summed E-state index contributed by atoms with van der Waals surface area (Å²) < 4.78 is 2.01. The van der Waals surface area contributed by atoms with Crippen LogP contribution in [0.5, 0.6) is 0 Å². The van der Waals surface area contributed by atoms with Crippen LogP contribution in [-0.4, -0.2) is 36.0 Å². The lowest BCUT2D eigenvalue weighted by Crippen LogP contribution is -2.43. The van der Waals surface area contributed by atoms with Gasteiger partial charge in [0.15, 0.2) is 0 Å². The van der Waals surface area contributed by atoms with Gasteiger partial charge in [-0.25, -0.2) is 4.68 Å². The third kappa shape index (κ3) is 2.67. The normalized spacial score (nSPS) is 14.8. The Morgan fingerprint density at radius 1 is 0.909 bits per heavy atom. The quantitative estimate of drug-likeness (QED) is 0.789.